The molecular formula is C20H32ClN3O3. The predicted octanol–water partition coefficient (Wildman–Crippen LogP) is 2.38. The van der Waals surface area contributed by atoms with Crippen LogP contribution in [-0.2, 0) is 4.79 Å². The van der Waals surface area contributed by atoms with Crippen LogP contribution in [0.5, 0.6) is 5.75 Å². The average molecular weight is 398 g/mol. The number of halogens is 1. The first-order valence-electron chi connectivity index (χ1n) is 9.47. The zero-order chi connectivity index (χ0) is 19.1. The summed E-state index contributed by atoms with van der Waals surface area (Å²) < 4.78 is 5.39. The van der Waals surface area contributed by atoms with Crippen LogP contribution in [0.1, 0.15) is 44.5 Å². The molecule has 1 aromatic carbocycles. The standard InChI is InChI=1S/C20H31N3O3.ClH/c1-5-26-16-8-6-15(7-9-16)19(24)23-18(13(2)3)20(25)22-17-10-11-21-12-14(17)4;/h6-9,13-14,17-18,21H,5,10-12H2,1-4H3,(H,22,25)(H,23,24);1H. The van der Waals surface area contributed by atoms with E-state index in [2.05, 4.69) is 22.9 Å². The number of ether oxygens (including phenoxy) is 1. The highest BCUT2D eigenvalue weighted by Gasteiger charge is 2.29. The number of nitrogens with one attached hydrogen (secondary N) is 3. The molecule has 0 aliphatic carbocycles. The first-order valence-corrected chi connectivity index (χ1v) is 9.47. The van der Waals surface area contributed by atoms with Gasteiger partial charge in [0.15, 0.2) is 0 Å². The molecule has 3 unspecified atom stereocenters. The van der Waals surface area contributed by atoms with Crippen molar-refractivity contribution in [2.45, 2.75) is 46.2 Å². The monoisotopic (exact) mass is 397 g/mol. The predicted molar refractivity (Wildman–Crippen MR) is 110 cm³/mol. The maximum atomic E-state index is 12.7. The SMILES string of the molecule is CCOc1ccc(C(=O)NC(C(=O)NC2CCNCC2C)C(C)C)cc1.Cl. The second kappa shape index (κ2) is 11.1. The van der Waals surface area contributed by atoms with Crippen molar-refractivity contribution in [3.63, 3.8) is 0 Å². The van der Waals surface area contributed by atoms with E-state index < -0.39 is 6.04 Å². The van der Waals surface area contributed by atoms with E-state index in [-0.39, 0.29) is 36.2 Å². The molecule has 0 saturated carbocycles. The van der Waals surface area contributed by atoms with E-state index in [9.17, 15) is 9.59 Å². The van der Waals surface area contributed by atoms with Gasteiger partial charge >= 0.3 is 0 Å². The summed E-state index contributed by atoms with van der Waals surface area (Å²) in [6, 6.07) is 6.54. The first kappa shape index (κ1) is 23.2. The Hall–Kier alpha value is -1.79. The van der Waals surface area contributed by atoms with Gasteiger partial charge in [0.1, 0.15) is 11.8 Å². The van der Waals surface area contributed by atoms with Crippen LogP contribution in [0.4, 0.5) is 0 Å². The Kier molecular flexibility index (Phi) is 9.60. The van der Waals surface area contributed by atoms with Gasteiger partial charge in [-0.2, -0.15) is 0 Å². The quantitative estimate of drug-likeness (QED) is 0.660. The fourth-order valence-corrected chi connectivity index (χ4v) is 3.13. The van der Waals surface area contributed by atoms with Crippen LogP contribution in [0.15, 0.2) is 24.3 Å². The molecule has 1 heterocycles. The smallest absolute Gasteiger partial charge is 0.251 e. The summed E-state index contributed by atoms with van der Waals surface area (Å²) in [5.74, 6) is 0.737. The third-order valence-electron chi connectivity index (χ3n) is 4.78. The van der Waals surface area contributed by atoms with Crippen LogP contribution in [0.3, 0.4) is 0 Å². The van der Waals surface area contributed by atoms with Crippen LogP contribution in [0.25, 0.3) is 0 Å². The molecule has 7 heteroatoms. The maximum Gasteiger partial charge on any atom is 0.251 e. The fraction of sp³-hybridized carbons (Fsp3) is 0.600. The molecule has 0 aromatic heterocycles. The highest BCUT2D eigenvalue weighted by molar-refractivity contribution is 5.97. The van der Waals surface area contributed by atoms with Gasteiger partial charge < -0.3 is 20.7 Å². The summed E-state index contributed by atoms with van der Waals surface area (Å²) in [5, 5.41) is 9.33. The van der Waals surface area contributed by atoms with E-state index in [1.807, 2.05) is 20.8 Å². The van der Waals surface area contributed by atoms with Gasteiger partial charge in [-0.15, -0.1) is 12.4 Å². The van der Waals surface area contributed by atoms with Crippen LogP contribution < -0.4 is 20.7 Å². The lowest BCUT2D eigenvalue weighted by atomic mass is 9.94. The number of carbonyl (C=O) groups excluding carboxylic acids is 2. The molecule has 1 aliphatic rings. The van der Waals surface area contributed by atoms with E-state index in [1.165, 1.54) is 0 Å². The first-order chi connectivity index (χ1) is 12.4. The molecule has 2 rings (SSSR count). The molecule has 6 nitrogen and oxygen atoms in total. The van der Waals surface area contributed by atoms with Crippen molar-refractivity contribution < 1.29 is 14.3 Å². The molecule has 0 spiro atoms. The van der Waals surface area contributed by atoms with Crippen LogP contribution in [0.2, 0.25) is 0 Å². The number of rotatable bonds is 7. The molecule has 1 fully saturated rings. The van der Waals surface area contributed by atoms with E-state index in [0.717, 1.165) is 25.3 Å². The molecular weight excluding hydrogens is 366 g/mol. The Balaban J connectivity index is 0.00000364. The average Bonchev–Trinajstić information content (AvgIpc) is 2.62. The van der Waals surface area contributed by atoms with Crippen molar-refractivity contribution in [2.24, 2.45) is 11.8 Å². The van der Waals surface area contributed by atoms with Gasteiger partial charge in [0, 0.05) is 11.6 Å². The largest absolute Gasteiger partial charge is 0.494 e. The maximum absolute atomic E-state index is 12.7. The van der Waals surface area contributed by atoms with Gasteiger partial charge in [0.2, 0.25) is 5.91 Å². The van der Waals surface area contributed by atoms with Crippen molar-refractivity contribution in [2.75, 3.05) is 19.7 Å². The van der Waals surface area contributed by atoms with Crippen LogP contribution in [-0.4, -0.2) is 43.6 Å². The molecule has 1 aromatic rings. The van der Waals surface area contributed by atoms with Crippen LogP contribution >= 0.6 is 12.4 Å². The Bertz CT molecular complexity index is 607. The molecule has 2 amide bonds. The third-order valence-corrected chi connectivity index (χ3v) is 4.78. The van der Waals surface area contributed by atoms with Gasteiger partial charge in [-0.05, 0) is 62.5 Å². The molecule has 3 atom stereocenters. The topological polar surface area (TPSA) is 79.5 Å². The lowest BCUT2D eigenvalue weighted by Gasteiger charge is -2.32. The van der Waals surface area contributed by atoms with Gasteiger partial charge in [0.25, 0.3) is 5.91 Å². The molecule has 0 bridgehead atoms. The molecule has 27 heavy (non-hydrogen) atoms. The highest BCUT2D eigenvalue weighted by Crippen LogP contribution is 2.14. The van der Waals surface area contributed by atoms with Crippen molar-refractivity contribution in [1.82, 2.24) is 16.0 Å². The summed E-state index contributed by atoms with van der Waals surface area (Å²) >= 11 is 0. The van der Waals surface area contributed by atoms with Gasteiger partial charge in [-0.3, -0.25) is 9.59 Å². The minimum atomic E-state index is -0.559. The number of hydrogen-bond acceptors (Lipinski definition) is 4. The minimum Gasteiger partial charge on any atom is -0.494 e. The number of hydrogen-bond donors (Lipinski definition) is 3. The summed E-state index contributed by atoms with van der Waals surface area (Å²) in [4.78, 5) is 25.3. The van der Waals surface area contributed by atoms with Crippen molar-refractivity contribution in [1.29, 1.82) is 0 Å². The zero-order valence-electron chi connectivity index (χ0n) is 16.6. The highest BCUT2D eigenvalue weighted by atomic mass is 35.5. The Morgan fingerprint density at radius 3 is 2.48 bits per heavy atom. The van der Waals surface area contributed by atoms with Gasteiger partial charge in [0.05, 0.1) is 6.61 Å². The van der Waals surface area contributed by atoms with Crippen molar-refractivity contribution >= 4 is 24.2 Å². The second-order valence-corrected chi connectivity index (χ2v) is 7.24. The second-order valence-electron chi connectivity index (χ2n) is 7.24. The van der Waals surface area contributed by atoms with E-state index in [1.54, 1.807) is 24.3 Å². The summed E-state index contributed by atoms with van der Waals surface area (Å²) in [5.41, 5.74) is 0.516. The Labute approximate surface area is 168 Å². The van der Waals surface area contributed by atoms with E-state index in [4.69, 9.17) is 4.74 Å². The molecule has 152 valence electrons. The van der Waals surface area contributed by atoms with E-state index in [0.29, 0.717) is 18.1 Å². The third kappa shape index (κ3) is 6.70. The van der Waals surface area contributed by atoms with Crippen molar-refractivity contribution in [3.05, 3.63) is 29.8 Å². The van der Waals surface area contributed by atoms with Crippen LogP contribution in [0, 0.1) is 11.8 Å². The normalized spacial score (nSPS) is 20.3. The number of piperidine rings is 1. The summed E-state index contributed by atoms with van der Waals surface area (Å²) in [7, 11) is 0. The summed E-state index contributed by atoms with van der Waals surface area (Å²) in [6.07, 6.45) is 0.907. The van der Waals surface area contributed by atoms with Gasteiger partial charge in [-0.25, -0.2) is 0 Å². The lowest BCUT2D eigenvalue weighted by Crippen LogP contribution is -2.55. The summed E-state index contributed by atoms with van der Waals surface area (Å²) in [6.45, 7) is 10.3. The lowest BCUT2D eigenvalue weighted by molar-refractivity contribution is -0.125. The van der Waals surface area contributed by atoms with Gasteiger partial charge in [-0.1, -0.05) is 20.8 Å². The zero-order valence-corrected chi connectivity index (χ0v) is 17.4. The van der Waals surface area contributed by atoms with E-state index >= 15 is 0 Å². The molecule has 3 N–H and O–H groups in total. The minimum absolute atomic E-state index is 0. The van der Waals surface area contributed by atoms with Crippen molar-refractivity contribution in [3.8, 4) is 5.75 Å². The fourth-order valence-electron chi connectivity index (χ4n) is 3.13. The number of amides is 2. The molecule has 1 aliphatic heterocycles. The number of carbonyl (C=O) groups is 2. The number of benzene rings is 1. The molecule has 1 saturated heterocycles. The molecule has 0 radical (unpaired) electrons. The Morgan fingerprint density at radius 1 is 1.26 bits per heavy atom. The Morgan fingerprint density at radius 2 is 1.93 bits per heavy atom.